The second-order valence-corrected chi connectivity index (χ2v) is 4.84. The molecule has 0 N–H and O–H groups in total. The predicted octanol–water partition coefficient (Wildman–Crippen LogP) is 3.14. The van der Waals surface area contributed by atoms with Gasteiger partial charge < -0.3 is 9.32 Å². The average Bonchev–Trinajstić information content (AvgIpc) is 3.08. The summed E-state index contributed by atoms with van der Waals surface area (Å²) in [7, 11) is 0. The van der Waals surface area contributed by atoms with Crippen molar-refractivity contribution in [1.82, 2.24) is 4.98 Å². The summed E-state index contributed by atoms with van der Waals surface area (Å²) in [6, 6.07) is 3.65. The molecule has 1 aliphatic heterocycles. The van der Waals surface area contributed by atoms with Crippen LogP contribution in [0.1, 0.15) is 12.0 Å². The van der Waals surface area contributed by atoms with Gasteiger partial charge in [0.2, 0.25) is 0 Å². The number of benzene rings is 1. The van der Waals surface area contributed by atoms with Gasteiger partial charge in [0, 0.05) is 24.2 Å². The first kappa shape index (κ1) is 13.7. The van der Waals surface area contributed by atoms with E-state index in [1.54, 1.807) is 11.0 Å². The number of carbonyl (C=O) groups excluding carboxylic acids is 1. The zero-order valence-corrected chi connectivity index (χ0v) is 10.9. The summed E-state index contributed by atoms with van der Waals surface area (Å²) in [4.78, 5) is 16.7. The van der Waals surface area contributed by atoms with E-state index in [9.17, 15) is 18.0 Å². The molecule has 2 aromatic rings. The fourth-order valence-electron chi connectivity index (χ4n) is 2.31. The lowest BCUT2D eigenvalue weighted by Crippen LogP contribution is -2.20. The normalized spacial score (nSPS) is 15.8. The maximum atomic E-state index is 13.0. The molecule has 3 rings (SSSR count). The minimum absolute atomic E-state index is 0.0219. The van der Waals surface area contributed by atoms with Crippen molar-refractivity contribution in [3.8, 4) is 11.3 Å². The van der Waals surface area contributed by atoms with E-state index in [0.717, 1.165) is 18.5 Å². The van der Waals surface area contributed by atoms with Gasteiger partial charge in [-0.25, -0.2) is 4.98 Å². The number of hydrogen-bond acceptors (Lipinski definition) is 4. The third-order valence-electron chi connectivity index (χ3n) is 3.35. The molecule has 0 atom stereocenters. The molecule has 0 radical (unpaired) electrons. The summed E-state index contributed by atoms with van der Waals surface area (Å²) >= 11 is 0. The largest absolute Gasteiger partial charge is 0.444 e. The summed E-state index contributed by atoms with van der Waals surface area (Å²) in [5.74, 6) is 0.279. The first-order valence-corrected chi connectivity index (χ1v) is 6.31. The number of halogens is 3. The quantitative estimate of drug-likeness (QED) is 0.854. The number of rotatable bonds is 2. The smallest absolute Gasteiger partial charge is 0.416 e. The number of carbonyl (C=O) groups is 1. The SMILES string of the molecule is O=C1CCN(c2cc(-c3cnco3)cc(C(F)(F)F)c2)C1. The molecular formula is C14H11F3N2O2. The molecule has 0 aliphatic carbocycles. The molecule has 0 saturated carbocycles. The Morgan fingerprint density at radius 3 is 2.62 bits per heavy atom. The number of oxazole rings is 1. The highest BCUT2D eigenvalue weighted by Gasteiger charge is 2.32. The Labute approximate surface area is 118 Å². The number of ketones is 1. The zero-order chi connectivity index (χ0) is 15.0. The minimum atomic E-state index is -4.46. The van der Waals surface area contributed by atoms with E-state index in [0.29, 0.717) is 18.7 Å². The standard InChI is InChI=1S/C14H11F3N2O2/c15-14(16,17)10-3-9(13-6-18-8-21-13)4-11(5-10)19-2-1-12(20)7-19/h3-6,8H,1-2,7H2. The maximum Gasteiger partial charge on any atom is 0.416 e. The molecule has 0 spiro atoms. The number of aromatic nitrogens is 1. The van der Waals surface area contributed by atoms with Crippen molar-refractivity contribution in [3.63, 3.8) is 0 Å². The van der Waals surface area contributed by atoms with Gasteiger partial charge in [0.1, 0.15) is 0 Å². The second kappa shape index (κ2) is 4.91. The molecule has 0 amide bonds. The maximum absolute atomic E-state index is 13.0. The number of hydrogen-bond donors (Lipinski definition) is 0. The summed E-state index contributed by atoms with van der Waals surface area (Å²) in [5.41, 5.74) is -0.121. The van der Waals surface area contributed by atoms with Gasteiger partial charge in [-0.3, -0.25) is 4.79 Å². The van der Waals surface area contributed by atoms with Crippen LogP contribution < -0.4 is 4.90 Å². The second-order valence-electron chi connectivity index (χ2n) is 4.84. The molecule has 1 aliphatic rings. The molecular weight excluding hydrogens is 285 g/mol. The van der Waals surface area contributed by atoms with E-state index >= 15 is 0 Å². The summed E-state index contributed by atoms with van der Waals surface area (Å²) < 4.78 is 44.1. The van der Waals surface area contributed by atoms with Gasteiger partial charge >= 0.3 is 6.18 Å². The van der Waals surface area contributed by atoms with E-state index < -0.39 is 11.7 Å². The third-order valence-corrected chi connectivity index (χ3v) is 3.35. The monoisotopic (exact) mass is 296 g/mol. The lowest BCUT2D eigenvalue weighted by Gasteiger charge is -2.19. The van der Waals surface area contributed by atoms with Crippen LogP contribution in [-0.4, -0.2) is 23.9 Å². The van der Waals surface area contributed by atoms with Crippen LogP contribution in [-0.2, 0) is 11.0 Å². The molecule has 1 saturated heterocycles. The highest BCUT2D eigenvalue weighted by molar-refractivity contribution is 5.87. The van der Waals surface area contributed by atoms with Gasteiger partial charge in [-0.1, -0.05) is 0 Å². The van der Waals surface area contributed by atoms with Crippen LogP contribution in [0.3, 0.4) is 0 Å². The first-order valence-electron chi connectivity index (χ1n) is 6.31. The van der Waals surface area contributed by atoms with Crippen LogP contribution in [0.5, 0.6) is 0 Å². The van der Waals surface area contributed by atoms with Crippen LogP contribution in [0.15, 0.2) is 35.2 Å². The van der Waals surface area contributed by atoms with Gasteiger partial charge in [0.15, 0.2) is 17.9 Å². The van der Waals surface area contributed by atoms with Crippen LogP contribution in [0.4, 0.5) is 18.9 Å². The fraction of sp³-hybridized carbons (Fsp3) is 0.286. The minimum Gasteiger partial charge on any atom is -0.444 e. The number of alkyl halides is 3. The van der Waals surface area contributed by atoms with Crippen molar-refractivity contribution in [2.75, 3.05) is 18.0 Å². The third kappa shape index (κ3) is 2.76. The molecule has 0 bridgehead atoms. The van der Waals surface area contributed by atoms with Crippen LogP contribution in [0.2, 0.25) is 0 Å². The molecule has 1 aromatic heterocycles. The van der Waals surface area contributed by atoms with E-state index in [1.165, 1.54) is 6.20 Å². The summed E-state index contributed by atoms with van der Waals surface area (Å²) in [6.45, 7) is 0.563. The van der Waals surface area contributed by atoms with Crippen molar-refractivity contribution in [2.45, 2.75) is 12.6 Å². The van der Waals surface area contributed by atoms with Gasteiger partial charge in [0.05, 0.1) is 18.3 Å². The fourth-order valence-corrected chi connectivity index (χ4v) is 2.31. The average molecular weight is 296 g/mol. The van der Waals surface area contributed by atoms with Crippen molar-refractivity contribution in [3.05, 3.63) is 36.4 Å². The summed E-state index contributed by atoms with van der Waals surface area (Å²) in [5, 5.41) is 0. The number of nitrogens with zero attached hydrogens (tertiary/aromatic N) is 2. The first-order chi connectivity index (χ1) is 9.93. The molecule has 0 unspecified atom stereocenters. The van der Waals surface area contributed by atoms with Crippen molar-refractivity contribution in [2.24, 2.45) is 0 Å². The Balaban J connectivity index is 2.07. The molecule has 21 heavy (non-hydrogen) atoms. The Bertz CT molecular complexity index is 665. The molecule has 1 aromatic carbocycles. The van der Waals surface area contributed by atoms with Crippen LogP contribution in [0, 0.1) is 0 Å². The Morgan fingerprint density at radius 2 is 2.05 bits per heavy atom. The van der Waals surface area contributed by atoms with Crippen molar-refractivity contribution < 1.29 is 22.4 Å². The number of Topliss-reactive ketones (excluding diaryl/α,β-unsaturated/α-hetero) is 1. The lowest BCUT2D eigenvalue weighted by atomic mass is 10.1. The van der Waals surface area contributed by atoms with Gasteiger partial charge in [-0.05, 0) is 18.2 Å². The summed E-state index contributed by atoms with van der Waals surface area (Å²) in [6.07, 6.45) is -1.59. The molecule has 1 fully saturated rings. The van der Waals surface area contributed by atoms with Gasteiger partial charge in [-0.2, -0.15) is 13.2 Å². The van der Waals surface area contributed by atoms with E-state index in [-0.39, 0.29) is 23.7 Å². The molecule has 110 valence electrons. The van der Waals surface area contributed by atoms with Crippen molar-refractivity contribution in [1.29, 1.82) is 0 Å². The van der Waals surface area contributed by atoms with E-state index in [4.69, 9.17) is 4.42 Å². The van der Waals surface area contributed by atoms with Crippen molar-refractivity contribution >= 4 is 11.5 Å². The van der Waals surface area contributed by atoms with E-state index in [2.05, 4.69) is 4.98 Å². The Morgan fingerprint density at radius 1 is 1.24 bits per heavy atom. The zero-order valence-electron chi connectivity index (χ0n) is 10.9. The highest BCUT2D eigenvalue weighted by Crippen LogP contribution is 2.36. The number of anilines is 1. The molecule has 7 heteroatoms. The molecule has 2 heterocycles. The topological polar surface area (TPSA) is 46.3 Å². The predicted molar refractivity (Wildman–Crippen MR) is 68.8 cm³/mol. The van der Waals surface area contributed by atoms with Gasteiger partial charge in [-0.15, -0.1) is 0 Å². The van der Waals surface area contributed by atoms with Gasteiger partial charge in [0.25, 0.3) is 0 Å². The van der Waals surface area contributed by atoms with E-state index in [1.807, 2.05) is 0 Å². The van der Waals surface area contributed by atoms with Crippen LogP contribution in [0.25, 0.3) is 11.3 Å². The van der Waals surface area contributed by atoms with Crippen LogP contribution >= 0.6 is 0 Å². The molecule has 4 nitrogen and oxygen atoms in total. The lowest BCUT2D eigenvalue weighted by molar-refractivity contribution is -0.137. The Kier molecular flexibility index (Phi) is 3.19. The Hall–Kier alpha value is -2.31. The highest BCUT2D eigenvalue weighted by atomic mass is 19.4.